The van der Waals surface area contributed by atoms with Gasteiger partial charge in [-0.2, -0.15) is 5.10 Å². The summed E-state index contributed by atoms with van der Waals surface area (Å²) in [5, 5.41) is 9.03. The second-order valence-electron chi connectivity index (χ2n) is 8.89. The molecular formula is C27H29ClN4O4. The van der Waals surface area contributed by atoms with E-state index in [0.29, 0.717) is 16.8 Å². The molecule has 0 fully saturated rings. The van der Waals surface area contributed by atoms with Crippen LogP contribution in [0.15, 0.2) is 71.8 Å². The number of hydrogen-bond donors (Lipinski definition) is 3. The molecular weight excluding hydrogens is 480 g/mol. The topological polar surface area (TPSA) is 123 Å². The Morgan fingerprint density at radius 3 is 1.81 bits per heavy atom. The minimum Gasteiger partial charge on any atom is -0.465 e. The zero-order valence-electron chi connectivity index (χ0n) is 20.5. The molecule has 4 N–H and O–H groups in total. The van der Waals surface area contributed by atoms with Crippen LogP contribution < -0.4 is 16.5 Å². The fourth-order valence-electron chi connectivity index (χ4n) is 3.32. The second kappa shape index (κ2) is 12.0. The number of esters is 1. The third kappa shape index (κ3) is 6.93. The minimum atomic E-state index is -0.565. The third-order valence-electron chi connectivity index (χ3n) is 5.35. The molecule has 188 valence electrons. The van der Waals surface area contributed by atoms with Crippen molar-refractivity contribution in [3.8, 4) is 0 Å². The molecule has 0 bridgehead atoms. The van der Waals surface area contributed by atoms with Gasteiger partial charge in [0.1, 0.15) is 0 Å². The molecule has 0 unspecified atom stereocenters. The molecule has 0 saturated carbocycles. The maximum absolute atomic E-state index is 13.0. The van der Waals surface area contributed by atoms with E-state index in [0.717, 1.165) is 11.1 Å². The average Bonchev–Trinajstić information content (AvgIpc) is 2.84. The van der Waals surface area contributed by atoms with Crippen molar-refractivity contribution >= 4 is 47.8 Å². The number of nitrogens with two attached hydrogens (primary N) is 1. The lowest BCUT2D eigenvalue weighted by atomic mass is 9.87. The van der Waals surface area contributed by atoms with E-state index in [1.54, 1.807) is 36.4 Å². The van der Waals surface area contributed by atoms with Crippen LogP contribution in [0, 0.1) is 0 Å². The second-order valence-corrected chi connectivity index (χ2v) is 8.89. The highest BCUT2D eigenvalue weighted by atomic mass is 35.5. The molecule has 36 heavy (non-hydrogen) atoms. The molecule has 3 aromatic carbocycles. The lowest BCUT2D eigenvalue weighted by Crippen LogP contribution is -2.18. The van der Waals surface area contributed by atoms with Gasteiger partial charge in [0, 0.05) is 11.1 Å². The fraction of sp³-hybridized carbons (Fsp3) is 0.185. The Morgan fingerprint density at radius 2 is 1.31 bits per heavy atom. The lowest BCUT2D eigenvalue weighted by Gasteiger charge is -2.19. The highest BCUT2D eigenvalue weighted by Crippen LogP contribution is 2.26. The van der Waals surface area contributed by atoms with E-state index < -0.39 is 11.9 Å². The fourth-order valence-corrected chi connectivity index (χ4v) is 3.32. The predicted molar refractivity (Wildman–Crippen MR) is 144 cm³/mol. The maximum Gasteiger partial charge on any atom is 0.337 e. The minimum absolute atomic E-state index is 0. The smallest absolute Gasteiger partial charge is 0.337 e. The molecule has 3 rings (SSSR count). The summed E-state index contributed by atoms with van der Waals surface area (Å²) in [4.78, 5) is 37.8. The van der Waals surface area contributed by atoms with Gasteiger partial charge in [0.25, 0.3) is 11.8 Å². The van der Waals surface area contributed by atoms with Crippen molar-refractivity contribution in [2.24, 2.45) is 10.9 Å². The van der Waals surface area contributed by atoms with Gasteiger partial charge in [0.2, 0.25) is 0 Å². The summed E-state index contributed by atoms with van der Waals surface area (Å²) in [6.07, 6.45) is 1.47. The Hall–Kier alpha value is -4.17. The number of methoxy groups -OCH3 is 1. The van der Waals surface area contributed by atoms with Gasteiger partial charge in [-0.3, -0.25) is 9.59 Å². The van der Waals surface area contributed by atoms with Gasteiger partial charge < -0.3 is 21.2 Å². The van der Waals surface area contributed by atoms with Crippen LogP contribution in [-0.2, 0) is 10.2 Å². The number of anilines is 2. The molecule has 0 aliphatic heterocycles. The summed E-state index contributed by atoms with van der Waals surface area (Å²) < 4.78 is 4.79. The first-order valence-corrected chi connectivity index (χ1v) is 10.9. The molecule has 0 saturated heterocycles. The maximum atomic E-state index is 13.0. The number of carbonyl (C=O) groups excluding carboxylic acids is 3. The summed E-state index contributed by atoms with van der Waals surface area (Å²) >= 11 is 0. The number of hydrogen-bond acceptors (Lipinski definition) is 6. The van der Waals surface area contributed by atoms with E-state index in [1.165, 1.54) is 31.5 Å². The van der Waals surface area contributed by atoms with E-state index in [4.69, 9.17) is 10.6 Å². The largest absolute Gasteiger partial charge is 0.465 e. The quantitative estimate of drug-likeness (QED) is 0.187. The van der Waals surface area contributed by atoms with Gasteiger partial charge in [-0.1, -0.05) is 45.0 Å². The van der Waals surface area contributed by atoms with Gasteiger partial charge in [-0.15, -0.1) is 12.4 Å². The monoisotopic (exact) mass is 508 g/mol. The van der Waals surface area contributed by atoms with Crippen molar-refractivity contribution in [3.05, 3.63) is 94.5 Å². The zero-order chi connectivity index (χ0) is 25.6. The Kier molecular flexibility index (Phi) is 9.35. The Bertz CT molecular complexity index is 1260. The first kappa shape index (κ1) is 28.1. The summed E-state index contributed by atoms with van der Waals surface area (Å²) in [5.41, 5.74) is 3.45. The first-order chi connectivity index (χ1) is 16.6. The molecule has 3 aromatic rings. The van der Waals surface area contributed by atoms with Crippen LogP contribution >= 0.6 is 12.4 Å². The summed E-state index contributed by atoms with van der Waals surface area (Å²) in [6.45, 7) is 6.28. The van der Waals surface area contributed by atoms with Gasteiger partial charge in [0.15, 0.2) is 0 Å². The normalized spacial score (nSPS) is 10.9. The molecule has 0 atom stereocenters. The first-order valence-electron chi connectivity index (χ1n) is 10.9. The molecule has 8 nitrogen and oxygen atoms in total. The van der Waals surface area contributed by atoms with Crippen LogP contribution in [0.5, 0.6) is 0 Å². The van der Waals surface area contributed by atoms with Crippen LogP contribution in [0.4, 0.5) is 11.4 Å². The van der Waals surface area contributed by atoms with E-state index in [2.05, 4.69) is 36.5 Å². The van der Waals surface area contributed by atoms with Gasteiger partial charge in [-0.05, 0) is 59.0 Å². The molecule has 9 heteroatoms. The number of hydrazone groups is 1. The van der Waals surface area contributed by atoms with E-state index in [9.17, 15) is 14.4 Å². The molecule has 0 spiro atoms. The Labute approximate surface area is 216 Å². The molecule has 0 radical (unpaired) electrons. The predicted octanol–water partition coefficient (Wildman–Crippen LogP) is 4.99. The molecule has 0 aliphatic rings. The number of rotatable bonds is 6. The number of nitrogens with zero attached hydrogens (tertiary/aromatic N) is 1. The Balaban J connectivity index is 0.00000456. The zero-order valence-corrected chi connectivity index (χ0v) is 21.3. The van der Waals surface area contributed by atoms with Crippen LogP contribution in [0.25, 0.3) is 0 Å². The standard InChI is InChI=1S/C27H28N4O4.ClH/c1-27(2,3)21-12-9-19(10-13-21)25(33)31-23-15-20(26(34)35-4)11-14-22(23)30-24(32)18-7-5-17(6-8-18)16-29-28;/h5-16H,28H2,1-4H3,(H,30,32)(H,31,33);1H. The van der Waals surface area contributed by atoms with E-state index in [-0.39, 0.29) is 35.0 Å². The third-order valence-corrected chi connectivity index (χ3v) is 5.35. The number of nitrogens with one attached hydrogen (secondary N) is 2. The van der Waals surface area contributed by atoms with Gasteiger partial charge >= 0.3 is 5.97 Å². The summed E-state index contributed by atoms with van der Waals surface area (Å²) in [5.74, 6) is 3.81. The van der Waals surface area contributed by atoms with Gasteiger partial charge in [0.05, 0.1) is 30.3 Å². The molecule has 0 heterocycles. The number of ether oxygens (including phenoxy) is 1. The Morgan fingerprint density at radius 1 is 0.806 bits per heavy atom. The van der Waals surface area contributed by atoms with Crippen molar-refractivity contribution in [3.63, 3.8) is 0 Å². The van der Waals surface area contributed by atoms with Crippen molar-refractivity contribution in [1.29, 1.82) is 0 Å². The number of amides is 2. The van der Waals surface area contributed by atoms with Crippen molar-refractivity contribution < 1.29 is 19.1 Å². The highest BCUT2D eigenvalue weighted by molar-refractivity contribution is 6.11. The molecule has 0 aliphatic carbocycles. The van der Waals surface area contributed by atoms with E-state index >= 15 is 0 Å². The van der Waals surface area contributed by atoms with Crippen LogP contribution in [0.2, 0.25) is 0 Å². The highest BCUT2D eigenvalue weighted by Gasteiger charge is 2.17. The summed E-state index contributed by atoms with van der Waals surface area (Å²) in [6, 6.07) is 18.5. The van der Waals surface area contributed by atoms with Crippen LogP contribution in [0.1, 0.15) is 63.0 Å². The lowest BCUT2D eigenvalue weighted by molar-refractivity contribution is 0.0600. The number of halogens is 1. The van der Waals surface area contributed by atoms with Crippen molar-refractivity contribution in [2.45, 2.75) is 26.2 Å². The summed E-state index contributed by atoms with van der Waals surface area (Å²) in [7, 11) is 1.27. The van der Waals surface area contributed by atoms with Crippen LogP contribution in [-0.4, -0.2) is 31.1 Å². The van der Waals surface area contributed by atoms with Gasteiger partial charge in [-0.25, -0.2) is 4.79 Å². The van der Waals surface area contributed by atoms with Crippen LogP contribution in [0.3, 0.4) is 0 Å². The van der Waals surface area contributed by atoms with E-state index in [1.807, 2.05) is 12.1 Å². The number of carbonyl (C=O) groups is 3. The van der Waals surface area contributed by atoms with Crippen molar-refractivity contribution in [1.82, 2.24) is 0 Å². The number of benzene rings is 3. The average molecular weight is 509 g/mol. The molecule has 2 amide bonds. The molecule has 0 aromatic heterocycles. The van der Waals surface area contributed by atoms with Crippen molar-refractivity contribution in [2.75, 3.05) is 17.7 Å². The SMILES string of the molecule is COC(=O)c1ccc(NC(=O)c2ccc(C=NN)cc2)c(NC(=O)c2ccc(C(C)(C)C)cc2)c1.Cl.